The Morgan fingerprint density at radius 3 is 2.80 bits per heavy atom. The van der Waals surface area contributed by atoms with Crippen molar-refractivity contribution in [3.05, 3.63) is 27.5 Å². The number of nitrogens with zero attached hydrogens (tertiary/aromatic N) is 4. The zero-order chi connectivity index (χ0) is 14.1. The molecule has 2 aromatic heterocycles. The minimum atomic E-state index is 0.512. The van der Waals surface area contributed by atoms with Crippen LogP contribution < -0.4 is 10.6 Å². The molecule has 0 aromatic carbocycles. The second kappa shape index (κ2) is 5.36. The van der Waals surface area contributed by atoms with Crippen LogP contribution in [0.4, 0.5) is 11.6 Å². The molecule has 2 N–H and O–H groups in total. The molecule has 0 fully saturated rings. The van der Waals surface area contributed by atoms with Gasteiger partial charge in [-0.3, -0.25) is 0 Å². The van der Waals surface area contributed by atoms with Gasteiger partial charge in [-0.1, -0.05) is 0 Å². The number of hydrogen-bond acceptors (Lipinski definition) is 6. The van der Waals surface area contributed by atoms with E-state index in [9.17, 15) is 0 Å². The summed E-state index contributed by atoms with van der Waals surface area (Å²) >= 11 is 1.84. The van der Waals surface area contributed by atoms with Gasteiger partial charge in [0.05, 0.1) is 12.2 Å². The van der Waals surface area contributed by atoms with Crippen LogP contribution in [0.3, 0.4) is 0 Å². The number of aryl methyl sites for hydroxylation is 3. The standard InChI is InChI=1S/C14H19N5S/c1-9-16-12(15)7-13(17-9)19(2)8-14-18-10-5-3-4-6-11(10)20-14/h7H,3-6,8H2,1-2H3,(H2,15,16,17). The Labute approximate surface area is 122 Å². The molecule has 1 aliphatic rings. The Morgan fingerprint density at radius 2 is 2.05 bits per heavy atom. The van der Waals surface area contributed by atoms with Crippen molar-refractivity contribution in [1.82, 2.24) is 15.0 Å². The zero-order valence-corrected chi connectivity index (χ0v) is 12.7. The SMILES string of the molecule is Cc1nc(N)cc(N(C)Cc2nc3c(s2)CCCC3)n1. The van der Waals surface area contributed by atoms with Gasteiger partial charge in [0.25, 0.3) is 0 Å². The average molecular weight is 289 g/mol. The fourth-order valence-electron chi connectivity index (χ4n) is 2.53. The molecule has 0 atom stereocenters. The number of nitrogen functional groups attached to an aromatic ring is 1. The van der Waals surface area contributed by atoms with Gasteiger partial charge in [0, 0.05) is 18.0 Å². The molecule has 2 heterocycles. The summed E-state index contributed by atoms with van der Waals surface area (Å²) in [7, 11) is 2.02. The van der Waals surface area contributed by atoms with Crippen LogP contribution >= 0.6 is 11.3 Å². The monoisotopic (exact) mass is 289 g/mol. The molecule has 3 rings (SSSR count). The van der Waals surface area contributed by atoms with Crippen molar-refractivity contribution in [2.75, 3.05) is 17.7 Å². The first-order valence-electron chi connectivity index (χ1n) is 6.91. The minimum Gasteiger partial charge on any atom is -0.384 e. The van der Waals surface area contributed by atoms with Crippen LogP contribution in [0.2, 0.25) is 0 Å². The molecule has 0 saturated heterocycles. The fraction of sp³-hybridized carbons (Fsp3) is 0.500. The summed E-state index contributed by atoms with van der Waals surface area (Å²) in [6.07, 6.45) is 4.89. The lowest BCUT2D eigenvalue weighted by Gasteiger charge is -2.17. The van der Waals surface area contributed by atoms with Crippen molar-refractivity contribution in [2.45, 2.75) is 39.2 Å². The molecule has 0 aliphatic heterocycles. The van der Waals surface area contributed by atoms with Crippen molar-refractivity contribution in [3.8, 4) is 0 Å². The van der Waals surface area contributed by atoms with E-state index in [1.165, 1.54) is 29.8 Å². The van der Waals surface area contributed by atoms with Gasteiger partial charge < -0.3 is 10.6 Å². The number of anilines is 2. The van der Waals surface area contributed by atoms with Crippen LogP contribution in [0, 0.1) is 6.92 Å². The highest BCUT2D eigenvalue weighted by Gasteiger charge is 2.16. The Morgan fingerprint density at radius 1 is 1.25 bits per heavy atom. The maximum absolute atomic E-state index is 5.78. The van der Waals surface area contributed by atoms with E-state index in [1.807, 2.05) is 25.3 Å². The third-order valence-electron chi connectivity index (χ3n) is 3.50. The van der Waals surface area contributed by atoms with Crippen molar-refractivity contribution in [2.24, 2.45) is 0 Å². The predicted octanol–water partition coefficient (Wildman–Crippen LogP) is 2.34. The van der Waals surface area contributed by atoms with E-state index < -0.39 is 0 Å². The summed E-state index contributed by atoms with van der Waals surface area (Å²) in [5, 5.41) is 1.16. The van der Waals surface area contributed by atoms with Gasteiger partial charge in [-0.2, -0.15) is 0 Å². The summed E-state index contributed by atoms with van der Waals surface area (Å²) in [5.41, 5.74) is 7.09. The molecule has 106 valence electrons. The van der Waals surface area contributed by atoms with Gasteiger partial charge in [-0.05, 0) is 32.6 Å². The first-order chi connectivity index (χ1) is 9.61. The Kier molecular flexibility index (Phi) is 3.56. The molecule has 1 aliphatic carbocycles. The van der Waals surface area contributed by atoms with Crippen LogP contribution in [0.15, 0.2) is 6.07 Å². The van der Waals surface area contributed by atoms with Crippen molar-refractivity contribution >= 4 is 23.0 Å². The smallest absolute Gasteiger partial charge is 0.134 e. The predicted molar refractivity (Wildman–Crippen MR) is 82.0 cm³/mol. The summed E-state index contributed by atoms with van der Waals surface area (Å²) in [6.45, 7) is 2.63. The van der Waals surface area contributed by atoms with Gasteiger partial charge in [0.1, 0.15) is 22.5 Å². The van der Waals surface area contributed by atoms with Crippen molar-refractivity contribution in [3.63, 3.8) is 0 Å². The van der Waals surface area contributed by atoms with E-state index in [0.29, 0.717) is 11.6 Å². The molecule has 20 heavy (non-hydrogen) atoms. The van der Waals surface area contributed by atoms with E-state index in [1.54, 1.807) is 6.07 Å². The minimum absolute atomic E-state index is 0.512. The first-order valence-corrected chi connectivity index (χ1v) is 7.73. The molecule has 6 heteroatoms. The van der Waals surface area contributed by atoms with E-state index in [0.717, 1.165) is 23.8 Å². The molecule has 0 unspecified atom stereocenters. The molecule has 0 bridgehead atoms. The number of fused-ring (bicyclic) bond motifs is 1. The first kappa shape index (κ1) is 13.3. The van der Waals surface area contributed by atoms with Crippen LogP contribution in [-0.4, -0.2) is 22.0 Å². The molecule has 5 nitrogen and oxygen atoms in total. The third kappa shape index (κ3) is 2.75. The van der Waals surface area contributed by atoms with Crippen LogP contribution in [-0.2, 0) is 19.4 Å². The summed E-state index contributed by atoms with van der Waals surface area (Å²) in [5.74, 6) is 2.06. The van der Waals surface area contributed by atoms with Crippen LogP contribution in [0.1, 0.15) is 34.2 Å². The number of hydrogen-bond donors (Lipinski definition) is 1. The summed E-state index contributed by atoms with van der Waals surface area (Å²) < 4.78 is 0. The van der Waals surface area contributed by atoms with Crippen molar-refractivity contribution in [1.29, 1.82) is 0 Å². The molecular weight excluding hydrogens is 270 g/mol. The lowest BCUT2D eigenvalue weighted by Crippen LogP contribution is -2.18. The van der Waals surface area contributed by atoms with Gasteiger partial charge in [0.2, 0.25) is 0 Å². The lowest BCUT2D eigenvalue weighted by atomic mass is 10.0. The van der Waals surface area contributed by atoms with Crippen LogP contribution in [0.25, 0.3) is 0 Å². The van der Waals surface area contributed by atoms with E-state index in [2.05, 4.69) is 14.9 Å². The van der Waals surface area contributed by atoms with Crippen molar-refractivity contribution < 1.29 is 0 Å². The van der Waals surface area contributed by atoms with Gasteiger partial charge in [-0.25, -0.2) is 15.0 Å². The highest BCUT2D eigenvalue weighted by Crippen LogP contribution is 2.27. The third-order valence-corrected chi connectivity index (χ3v) is 4.64. The summed E-state index contributed by atoms with van der Waals surface area (Å²) in [6, 6.07) is 1.81. The van der Waals surface area contributed by atoms with Crippen LogP contribution in [0.5, 0.6) is 0 Å². The molecular formula is C14H19N5S. The van der Waals surface area contributed by atoms with E-state index in [-0.39, 0.29) is 0 Å². The molecule has 0 saturated carbocycles. The Hall–Kier alpha value is -1.69. The second-order valence-corrected chi connectivity index (χ2v) is 6.41. The van der Waals surface area contributed by atoms with Gasteiger partial charge in [0.15, 0.2) is 0 Å². The Bertz CT molecular complexity index is 578. The number of nitrogens with two attached hydrogens (primary N) is 1. The van der Waals surface area contributed by atoms with E-state index in [4.69, 9.17) is 10.7 Å². The fourth-order valence-corrected chi connectivity index (χ4v) is 3.74. The lowest BCUT2D eigenvalue weighted by molar-refractivity contribution is 0.680. The number of aromatic nitrogens is 3. The highest BCUT2D eigenvalue weighted by atomic mass is 32.1. The van der Waals surface area contributed by atoms with Gasteiger partial charge >= 0.3 is 0 Å². The maximum atomic E-state index is 5.78. The quantitative estimate of drug-likeness (QED) is 0.939. The van der Waals surface area contributed by atoms with Gasteiger partial charge in [-0.15, -0.1) is 11.3 Å². The zero-order valence-electron chi connectivity index (χ0n) is 11.9. The average Bonchev–Trinajstić information content (AvgIpc) is 2.79. The summed E-state index contributed by atoms with van der Waals surface area (Å²) in [4.78, 5) is 16.8. The molecule has 2 aromatic rings. The molecule has 0 spiro atoms. The molecule has 0 amide bonds. The maximum Gasteiger partial charge on any atom is 0.134 e. The number of thiazole rings is 1. The highest BCUT2D eigenvalue weighted by molar-refractivity contribution is 7.11. The Balaban J connectivity index is 1.78. The van der Waals surface area contributed by atoms with E-state index >= 15 is 0 Å². The normalized spacial score (nSPS) is 14.1. The second-order valence-electron chi connectivity index (χ2n) is 5.24. The topological polar surface area (TPSA) is 67.9 Å². The molecule has 0 radical (unpaired) electrons. The largest absolute Gasteiger partial charge is 0.384 e. The number of rotatable bonds is 3.